The smallest absolute Gasteiger partial charge is 0.190 e. The van der Waals surface area contributed by atoms with E-state index in [2.05, 4.69) is 0 Å². The van der Waals surface area contributed by atoms with Crippen molar-refractivity contribution >= 4 is 11.6 Å². The van der Waals surface area contributed by atoms with Crippen molar-refractivity contribution in [3.8, 4) is 5.75 Å². The first kappa shape index (κ1) is 11.6. The third kappa shape index (κ3) is 2.85. The molecular formula is C12H13ClF2O. The van der Waals surface area contributed by atoms with Crippen LogP contribution in [0.15, 0.2) is 12.1 Å². The van der Waals surface area contributed by atoms with Crippen LogP contribution in [0.1, 0.15) is 24.8 Å². The molecular weight excluding hydrogens is 234 g/mol. The molecule has 1 aliphatic rings. The summed E-state index contributed by atoms with van der Waals surface area (Å²) in [7, 11) is 0. The van der Waals surface area contributed by atoms with Crippen LogP contribution in [0.3, 0.4) is 0 Å². The lowest BCUT2D eigenvalue weighted by Gasteiger charge is -2.09. The molecule has 1 aliphatic carbocycles. The number of hydrogen-bond donors (Lipinski definition) is 0. The molecule has 0 N–H and O–H groups in total. The maximum absolute atomic E-state index is 13.4. The highest BCUT2D eigenvalue weighted by atomic mass is 35.5. The van der Waals surface area contributed by atoms with Gasteiger partial charge in [-0.2, -0.15) is 0 Å². The van der Waals surface area contributed by atoms with Gasteiger partial charge >= 0.3 is 0 Å². The van der Waals surface area contributed by atoms with Crippen molar-refractivity contribution in [3.05, 3.63) is 29.3 Å². The van der Waals surface area contributed by atoms with Crippen LogP contribution in [0.2, 0.25) is 0 Å². The first-order chi connectivity index (χ1) is 7.70. The highest BCUT2D eigenvalue weighted by Crippen LogP contribution is 2.33. The molecule has 0 saturated heterocycles. The van der Waals surface area contributed by atoms with Crippen LogP contribution in [-0.2, 0) is 5.88 Å². The third-order valence-electron chi connectivity index (χ3n) is 2.68. The summed E-state index contributed by atoms with van der Waals surface area (Å²) in [6, 6.07) is 2.42. The number of benzene rings is 1. The van der Waals surface area contributed by atoms with E-state index in [1.54, 1.807) is 0 Å². The van der Waals surface area contributed by atoms with E-state index in [4.69, 9.17) is 16.3 Å². The maximum Gasteiger partial charge on any atom is 0.190 e. The number of rotatable bonds is 5. The van der Waals surface area contributed by atoms with Gasteiger partial charge in [-0.1, -0.05) is 12.8 Å². The van der Waals surface area contributed by atoms with E-state index >= 15 is 0 Å². The van der Waals surface area contributed by atoms with Crippen LogP contribution in [-0.4, -0.2) is 6.61 Å². The van der Waals surface area contributed by atoms with Crippen LogP contribution in [0.5, 0.6) is 5.75 Å². The second kappa shape index (κ2) is 5.00. The molecule has 0 aliphatic heterocycles. The summed E-state index contributed by atoms with van der Waals surface area (Å²) in [6.45, 7) is 0.374. The summed E-state index contributed by atoms with van der Waals surface area (Å²) in [5, 5.41) is 0. The van der Waals surface area contributed by atoms with Gasteiger partial charge in [0.1, 0.15) is 0 Å². The first-order valence-electron chi connectivity index (χ1n) is 5.37. The van der Waals surface area contributed by atoms with Crippen molar-refractivity contribution in [2.45, 2.75) is 25.1 Å². The van der Waals surface area contributed by atoms with E-state index in [0.717, 1.165) is 6.42 Å². The Labute approximate surface area is 98.4 Å². The Morgan fingerprint density at radius 2 is 1.88 bits per heavy atom. The molecule has 88 valence electrons. The molecule has 16 heavy (non-hydrogen) atoms. The Bertz CT molecular complexity index is 354. The molecule has 1 fully saturated rings. The third-order valence-corrected chi connectivity index (χ3v) is 2.99. The summed E-state index contributed by atoms with van der Waals surface area (Å²) < 4.78 is 32.0. The molecule has 0 aromatic heterocycles. The molecule has 1 aromatic rings. The molecule has 1 saturated carbocycles. The average molecular weight is 247 g/mol. The lowest BCUT2D eigenvalue weighted by molar-refractivity contribution is 0.273. The molecule has 0 atom stereocenters. The minimum atomic E-state index is -0.675. The van der Waals surface area contributed by atoms with Crippen molar-refractivity contribution in [1.29, 1.82) is 0 Å². The molecule has 4 heteroatoms. The van der Waals surface area contributed by atoms with Crippen LogP contribution in [0.25, 0.3) is 0 Å². The monoisotopic (exact) mass is 246 g/mol. The van der Waals surface area contributed by atoms with Crippen molar-refractivity contribution in [3.63, 3.8) is 0 Å². The van der Waals surface area contributed by atoms with E-state index in [0.29, 0.717) is 18.1 Å². The highest BCUT2D eigenvalue weighted by molar-refractivity contribution is 6.17. The Hall–Kier alpha value is -0.830. The molecule has 1 nitrogen and oxygen atoms in total. The van der Waals surface area contributed by atoms with Crippen LogP contribution in [0.4, 0.5) is 8.78 Å². The zero-order chi connectivity index (χ0) is 11.5. The Morgan fingerprint density at radius 3 is 2.38 bits per heavy atom. The van der Waals surface area contributed by atoms with Gasteiger partial charge in [-0.25, -0.2) is 8.78 Å². The zero-order valence-corrected chi connectivity index (χ0v) is 9.57. The molecule has 0 amide bonds. The Kier molecular flexibility index (Phi) is 3.64. The van der Waals surface area contributed by atoms with Gasteiger partial charge in [-0.05, 0) is 30.0 Å². The SMILES string of the molecule is Fc1cc(CCl)cc(F)c1OCCC1CC1. The summed E-state index contributed by atoms with van der Waals surface area (Å²) >= 11 is 5.50. The van der Waals surface area contributed by atoms with Gasteiger partial charge in [0, 0.05) is 5.88 Å². The van der Waals surface area contributed by atoms with E-state index in [-0.39, 0.29) is 11.6 Å². The Balaban J connectivity index is 2.00. The fourth-order valence-corrected chi connectivity index (χ4v) is 1.72. The Morgan fingerprint density at radius 1 is 1.25 bits per heavy atom. The van der Waals surface area contributed by atoms with Crippen molar-refractivity contribution in [2.75, 3.05) is 6.61 Å². The predicted octanol–water partition coefficient (Wildman–Crippen LogP) is 3.88. The molecule has 1 aromatic carbocycles. The van der Waals surface area contributed by atoms with Crippen molar-refractivity contribution in [1.82, 2.24) is 0 Å². The van der Waals surface area contributed by atoms with Crippen molar-refractivity contribution in [2.24, 2.45) is 5.92 Å². The topological polar surface area (TPSA) is 9.23 Å². The molecule has 0 unspecified atom stereocenters. The molecule has 0 bridgehead atoms. The van der Waals surface area contributed by atoms with Crippen molar-refractivity contribution < 1.29 is 13.5 Å². The molecule has 2 rings (SSSR count). The number of halogens is 3. The normalized spacial score (nSPS) is 15.2. The van der Waals surface area contributed by atoms with Gasteiger partial charge in [0.2, 0.25) is 0 Å². The van der Waals surface area contributed by atoms with Gasteiger partial charge in [-0.15, -0.1) is 11.6 Å². The van der Waals surface area contributed by atoms with Gasteiger partial charge in [0.15, 0.2) is 17.4 Å². The fourth-order valence-electron chi connectivity index (χ4n) is 1.56. The average Bonchev–Trinajstić information content (AvgIpc) is 3.05. The molecule has 0 spiro atoms. The largest absolute Gasteiger partial charge is 0.488 e. The summed E-state index contributed by atoms with van der Waals surface area (Å²) in [5.41, 5.74) is 0.422. The van der Waals surface area contributed by atoms with Gasteiger partial charge in [0.25, 0.3) is 0 Å². The second-order valence-corrected chi connectivity index (χ2v) is 4.37. The lowest BCUT2D eigenvalue weighted by Crippen LogP contribution is -2.03. The van der Waals surface area contributed by atoms with Crippen LogP contribution in [0, 0.1) is 17.6 Å². The zero-order valence-electron chi connectivity index (χ0n) is 8.81. The summed E-state index contributed by atoms with van der Waals surface area (Å²) in [6.07, 6.45) is 3.29. The first-order valence-corrected chi connectivity index (χ1v) is 5.91. The highest BCUT2D eigenvalue weighted by Gasteiger charge is 2.21. The number of hydrogen-bond acceptors (Lipinski definition) is 1. The fraction of sp³-hybridized carbons (Fsp3) is 0.500. The maximum atomic E-state index is 13.4. The van der Waals surface area contributed by atoms with E-state index in [1.807, 2.05) is 0 Å². The lowest BCUT2D eigenvalue weighted by atomic mass is 10.2. The molecule has 0 heterocycles. The molecule has 0 radical (unpaired) electrons. The quantitative estimate of drug-likeness (QED) is 0.717. The minimum absolute atomic E-state index is 0.0934. The standard InChI is InChI=1S/C12H13ClF2O/c13-7-9-5-10(14)12(11(15)6-9)16-4-3-8-1-2-8/h5-6,8H,1-4,7H2. The van der Waals surface area contributed by atoms with Crippen LogP contribution < -0.4 is 4.74 Å². The summed E-state index contributed by atoms with van der Waals surface area (Å²) in [4.78, 5) is 0. The van der Waals surface area contributed by atoms with E-state index < -0.39 is 11.6 Å². The number of ether oxygens (including phenoxy) is 1. The van der Waals surface area contributed by atoms with Gasteiger partial charge < -0.3 is 4.74 Å². The van der Waals surface area contributed by atoms with Crippen LogP contribution >= 0.6 is 11.6 Å². The predicted molar refractivity (Wildman–Crippen MR) is 58.8 cm³/mol. The number of alkyl halides is 1. The van der Waals surface area contributed by atoms with Gasteiger partial charge in [0.05, 0.1) is 6.61 Å². The van der Waals surface area contributed by atoms with Gasteiger partial charge in [-0.3, -0.25) is 0 Å². The van der Waals surface area contributed by atoms with E-state index in [9.17, 15) is 8.78 Å². The van der Waals surface area contributed by atoms with E-state index in [1.165, 1.54) is 25.0 Å². The second-order valence-electron chi connectivity index (χ2n) is 4.10. The minimum Gasteiger partial charge on any atom is -0.488 e. The summed E-state index contributed by atoms with van der Waals surface area (Å²) in [5.74, 6) is -0.850.